The van der Waals surface area contributed by atoms with Gasteiger partial charge in [-0.1, -0.05) is 13.3 Å². The molecule has 0 aliphatic carbocycles. The Bertz CT molecular complexity index is 289. The van der Waals surface area contributed by atoms with Gasteiger partial charge in [-0.15, -0.1) is 0 Å². The minimum absolute atomic E-state index is 0.301. The fraction of sp³-hybridized carbons (Fsp3) is 0.769. The van der Waals surface area contributed by atoms with E-state index in [9.17, 15) is 0 Å². The second-order valence-electron chi connectivity index (χ2n) is 5.39. The summed E-state index contributed by atoms with van der Waals surface area (Å²) >= 11 is 0. The van der Waals surface area contributed by atoms with Crippen molar-refractivity contribution in [2.24, 2.45) is 10.9 Å². The highest BCUT2D eigenvalue weighted by molar-refractivity contribution is 5.62. The molecule has 2 rings (SSSR count). The van der Waals surface area contributed by atoms with Crippen molar-refractivity contribution in [3.8, 4) is 0 Å². The maximum absolute atomic E-state index is 4.29. The normalized spacial score (nSPS) is 29.4. The highest BCUT2D eigenvalue weighted by atomic mass is 15.2. The number of allylic oxidation sites excluding steroid dienone is 1. The molecule has 2 aliphatic heterocycles. The van der Waals surface area contributed by atoms with Gasteiger partial charge in [0.2, 0.25) is 0 Å². The molecule has 0 radical (unpaired) electrons. The van der Waals surface area contributed by atoms with E-state index in [0.717, 1.165) is 12.5 Å². The van der Waals surface area contributed by atoms with E-state index in [4.69, 9.17) is 0 Å². The summed E-state index contributed by atoms with van der Waals surface area (Å²) in [6, 6.07) is 0. The van der Waals surface area contributed by atoms with Gasteiger partial charge < -0.3 is 4.90 Å². The van der Waals surface area contributed by atoms with Gasteiger partial charge in [-0.05, 0) is 39.0 Å². The molecule has 2 heteroatoms. The molecule has 0 bridgehead atoms. The van der Waals surface area contributed by atoms with Gasteiger partial charge in [0, 0.05) is 23.7 Å². The Balaban J connectivity index is 2.23. The van der Waals surface area contributed by atoms with E-state index in [0.29, 0.717) is 5.54 Å². The average Bonchev–Trinajstić information content (AvgIpc) is 2.36. The minimum atomic E-state index is 0.301. The van der Waals surface area contributed by atoms with E-state index < -0.39 is 0 Å². The van der Waals surface area contributed by atoms with Crippen LogP contribution < -0.4 is 0 Å². The highest BCUT2D eigenvalue weighted by Gasteiger charge is 2.34. The molecule has 84 valence electrons. The second kappa shape index (κ2) is 3.99. The van der Waals surface area contributed by atoms with Gasteiger partial charge in [0.25, 0.3) is 0 Å². The number of fused-ring (bicyclic) bond motifs is 1. The monoisotopic (exact) mass is 206 g/mol. The minimum Gasteiger partial charge on any atom is -0.363 e. The predicted octanol–water partition coefficient (Wildman–Crippen LogP) is 3.20. The quantitative estimate of drug-likeness (QED) is 0.643. The third-order valence-corrected chi connectivity index (χ3v) is 3.84. The molecular formula is C13H22N2. The topological polar surface area (TPSA) is 15.6 Å². The second-order valence-corrected chi connectivity index (χ2v) is 5.39. The molecule has 2 aliphatic rings. The van der Waals surface area contributed by atoms with Crippen molar-refractivity contribution in [1.29, 1.82) is 0 Å². The summed E-state index contributed by atoms with van der Waals surface area (Å²) in [7, 11) is 0. The van der Waals surface area contributed by atoms with Crippen molar-refractivity contribution in [3.63, 3.8) is 0 Å². The molecule has 2 heterocycles. The first kappa shape index (κ1) is 10.7. The SMILES string of the molecule is CCC1CCC2=CN=CCN2C(C)(C)C1. The Morgan fingerprint density at radius 3 is 3.07 bits per heavy atom. The first-order chi connectivity index (χ1) is 7.13. The van der Waals surface area contributed by atoms with E-state index in [2.05, 4.69) is 36.9 Å². The Morgan fingerprint density at radius 2 is 2.33 bits per heavy atom. The predicted molar refractivity (Wildman–Crippen MR) is 65.0 cm³/mol. The molecule has 0 saturated carbocycles. The zero-order chi connectivity index (χ0) is 10.9. The standard InChI is InChI=1S/C13H22N2/c1-4-11-5-6-12-10-14-7-8-15(12)13(2,3)9-11/h7,10-11H,4-6,8-9H2,1-3H3. The van der Waals surface area contributed by atoms with Crippen LogP contribution in [0.5, 0.6) is 0 Å². The van der Waals surface area contributed by atoms with E-state index in [1.807, 2.05) is 6.21 Å². The zero-order valence-corrected chi connectivity index (χ0v) is 10.2. The number of aliphatic imine (C=N–C) groups is 1. The molecule has 0 amide bonds. The summed E-state index contributed by atoms with van der Waals surface area (Å²) in [5.41, 5.74) is 1.74. The van der Waals surface area contributed by atoms with E-state index in [1.54, 1.807) is 0 Å². The van der Waals surface area contributed by atoms with Crippen LogP contribution in [-0.4, -0.2) is 23.2 Å². The summed E-state index contributed by atoms with van der Waals surface area (Å²) in [4.78, 5) is 6.83. The molecule has 0 aromatic rings. The largest absolute Gasteiger partial charge is 0.363 e. The Hall–Kier alpha value is -0.790. The summed E-state index contributed by atoms with van der Waals surface area (Å²) < 4.78 is 0. The summed E-state index contributed by atoms with van der Waals surface area (Å²) in [5.74, 6) is 0.881. The Labute approximate surface area is 93.1 Å². The van der Waals surface area contributed by atoms with Crippen LogP contribution in [0.3, 0.4) is 0 Å². The Morgan fingerprint density at radius 1 is 1.53 bits per heavy atom. The lowest BCUT2D eigenvalue weighted by molar-refractivity contribution is 0.164. The smallest absolute Gasteiger partial charge is 0.0535 e. The fourth-order valence-corrected chi connectivity index (χ4v) is 2.91. The third kappa shape index (κ3) is 2.09. The lowest BCUT2D eigenvalue weighted by Crippen LogP contribution is -2.44. The van der Waals surface area contributed by atoms with E-state index in [1.165, 1.54) is 31.4 Å². The van der Waals surface area contributed by atoms with E-state index >= 15 is 0 Å². The summed E-state index contributed by atoms with van der Waals surface area (Å²) in [6.07, 6.45) is 9.25. The Kier molecular flexibility index (Phi) is 2.85. The number of rotatable bonds is 1. The van der Waals surface area contributed by atoms with Crippen LogP contribution in [-0.2, 0) is 0 Å². The molecule has 2 nitrogen and oxygen atoms in total. The van der Waals surface area contributed by atoms with Crippen LogP contribution in [0.4, 0.5) is 0 Å². The third-order valence-electron chi connectivity index (χ3n) is 3.84. The first-order valence-corrected chi connectivity index (χ1v) is 6.12. The van der Waals surface area contributed by atoms with Crippen molar-refractivity contribution in [3.05, 3.63) is 11.9 Å². The van der Waals surface area contributed by atoms with Crippen molar-refractivity contribution in [2.45, 2.75) is 52.0 Å². The molecule has 0 spiro atoms. The fourth-order valence-electron chi connectivity index (χ4n) is 2.91. The number of hydrogen-bond donors (Lipinski definition) is 0. The number of hydrogen-bond acceptors (Lipinski definition) is 2. The van der Waals surface area contributed by atoms with Gasteiger partial charge in [-0.3, -0.25) is 4.99 Å². The molecule has 1 unspecified atom stereocenters. The molecule has 0 aromatic heterocycles. The van der Waals surface area contributed by atoms with Crippen molar-refractivity contribution < 1.29 is 0 Å². The van der Waals surface area contributed by atoms with Crippen LogP contribution in [0.2, 0.25) is 0 Å². The van der Waals surface area contributed by atoms with Gasteiger partial charge in [-0.25, -0.2) is 0 Å². The van der Waals surface area contributed by atoms with Gasteiger partial charge in [-0.2, -0.15) is 0 Å². The van der Waals surface area contributed by atoms with Crippen LogP contribution in [0.15, 0.2) is 16.9 Å². The average molecular weight is 206 g/mol. The molecule has 1 atom stereocenters. The van der Waals surface area contributed by atoms with Crippen molar-refractivity contribution >= 4 is 6.21 Å². The van der Waals surface area contributed by atoms with Crippen molar-refractivity contribution in [2.75, 3.05) is 6.54 Å². The van der Waals surface area contributed by atoms with Crippen LogP contribution in [0.1, 0.15) is 46.5 Å². The van der Waals surface area contributed by atoms with Crippen molar-refractivity contribution in [1.82, 2.24) is 4.90 Å². The highest BCUT2D eigenvalue weighted by Crippen LogP contribution is 2.37. The van der Waals surface area contributed by atoms with Gasteiger partial charge in [0.1, 0.15) is 0 Å². The molecule has 1 saturated heterocycles. The lowest BCUT2D eigenvalue weighted by atomic mass is 9.87. The van der Waals surface area contributed by atoms with Gasteiger partial charge in [0.05, 0.1) is 6.54 Å². The number of nitrogens with zero attached hydrogens (tertiary/aromatic N) is 2. The van der Waals surface area contributed by atoms with Crippen LogP contribution in [0.25, 0.3) is 0 Å². The summed E-state index contributed by atoms with van der Waals surface area (Å²) in [6.45, 7) is 8.05. The van der Waals surface area contributed by atoms with Gasteiger partial charge in [0.15, 0.2) is 0 Å². The molecular weight excluding hydrogens is 184 g/mol. The first-order valence-electron chi connectivity index (χ1n) is 6.12. The zero-order valence-electron chi connectivity index (χ0n) is 10.2. The van der Waals surface area contributed by atoms with Crippen LogP contribution >= 0.6 is 0 Å². The van der Waals surface area contributed by atoms with Gasteiger partial charge >= 0.3 is 0 Å². The molecule has 0 N–H and O–H groups in total. The molecule has 0 aromatic carbocycles. The maximum atomic E-state index is 4.29. The maximum Gasteiger partial charge on any atom is 0.0535 e. The lowest BCUT2D eigenvalue weighted by Gasteiger charge is -2.41. The van der Waals surface area contributed by atoms with Crippen LogP contribution in [0, 0.1) is 5.92 Å². The molecule has 15 heavy (non-hydrogen) atoms. The molecule has 1 fully saturated rings. The van der Waals surface area contributed by atoms with E-state index in [-0.39, 0.29) is 0 Å². The summed E-state index contributed by atoms with van der Waals surface area (Å²) in [5, 5.41) is 0.